The Labute approximate surface area is 335 Å². The third kappa shape index (κ3) is 7.55. The first-order valence-electron chi connectivity index (χ1n) is 20.7. The van der Waals surface area contributed by atoms with E-state index in [1.165, 1.54) is 17.0 Å². The first-order chi connectivity index (χ1) is 28.0. The molecule has 2 aromatic carbocycles. The van der Waals surface area contributed by atoms with E-state index >= 15 is 0 Å². The Balaban J connectivity index is 1.06. The fourth-order valence-corrected chi connectivity index (χ4v) is 10.6. The molecule has 308 valence electrons. The summed E-state index contributed by atoms with van der Waals surface area (Å²) in [5, 5.41) is 6.18. The van der Waals surface area contributed by atoms with Crippen molar-refractivity contribution < 1.29 is 45.9 Å². The van der Waals surface area contributed by atoms with E-state index in [2.05, 4.69) is 15.4 Å². The summed E-state index contributed by atoms with van der Waals surface area (Å²) in [7, 11) is -3.90. The van der Waals surface area contributed by atoms with Crippen LogP contribution in [-0.4, -0.2) is 83.7 Å². The summed E-state index contributed by atoms with van der Waals surface area (Å²) in [6, 6.07) is 9.31. The van der Waals surface area contributed by atoms with Crippen molar-refractivity contribution in [3.63, 3.8) is 0 Å². The molecule has 5 aliphatic rings. The van der Waals surface area contributed by atoms with Gasteiger partial charge in [0.1, 0.15) is 46.7 Å². The minimum Gasteiger partial charge on any atom is -0.484 e. The molecule has 3 saturated carbocycles. The highest BCUT2D eigenvalue weighted by Gasteiger charge is 2.62. The number of carbonyl (C=O) groups excluding carboxylic acids is 4. The Kier molecular flexibility index (Phi) is 10.2. The Hall–Kier alpha value is -4.99. The molecule has 16 heteroatoms. The normalized spacial score (nSPS) is 27.4. The van der Waals surface area contributed by atoms with Crippen LogP contribution in [-0.2, 0) is 29.1 Å². The van der Waals surface area contributed by atoms with Crippen molar-refractivity contribution in [2.75, 3.05) is 6.54 Å². The summed E-state index contributed by atoms with van der Waals surface area (Å²) in [6.07, 6.45) is 7.71. The zero-order valence-electron chi connectivity index (χ0n) is 32.2. The van der Waals surface area contributed by atoms with Crippen LogP contribution in [0.5, 0.6) is 5.75 Å². The summed E-state index contributed by atoms with van der Waals surface area (Å²) in [4.78, 5) is 62.6. The van der Waals surface area contributed by atoms with Crippen molar-refractivity contribution >= 4 is 66.8 Å². The molecule has 2 aromatic heterocycles. The van der Waals surface area contributed by atoms with E-state index in [1.807, 2.05) is 18.2 Å². The van der Waals surface area contributed by atoms with Gasteiger partial charge in [-0.2, -0.15) is 0 Å². The Morgan fingerprint density at radius 2 is 1.66 bits per heavy atom. The van der Waals surface area contributed by atoms with Gasteiger partial charge in [0.2, 0.25) is 21.8 Å². The zero-order valence-corrected chi connectivity index (χ0v) is 33.0. The average Bonchev–Trinajstić information content (AvgIpc) is 4.01. The lowest BCUT2D eigenvalue weighted by Crippen LogP contribution is -2.58. The van der Waals surface area contributed by atoms with E-state index in [-0.39, 0.29) is 42.7 Å². The number of sulfonamides is 1. The monoisotopic (exact) mass is 817 g/mol. The van der Waals surface area contributed by atoms with E-state index in [0.717, 1.165) is 56.8 Å². The zero-order chi connectivity index (χ0) is 40.2. The van der Waals surface area contributed by atoms with Gasteiger partial charge in [0.15, 0.2) is 11.3 Å². The number of benzene rings is 2. The van der Waals surface area contributed by atoms with Crippen LogP contribution in [0.1, 0.15) is 96.3 Å². The number of amides is 4. The molecule has 58 heavy (non-hydrogen) atoms. The number of carbonyl (C=O) groups is 4. The van der Waals surface area contributed by atoms with Gasteiger partial charge in [-0.3, -0.25) is 19.1 Å². The first-order valence-corrected chi connectivity index (χ1v) is 22.3. The van der Waals surface area contributed by atoms with Crippen molar-refractivity contribution in [2.45, 2.75) is 131 Å². The molecule has 0 unspecified atom stereocenters. The molecule has 5 atom stereocenters. The number of para-hydroxylation sites is 1. The maximum absolute atomic E-state index is 14.8. The van der Waals surface area contributed by atoms with Gasteiger partial charge in [-0.15, -0.1) is 0 Å². The van der Waals surface area contributed by atoms with E-state index < -0.39 is 68.6 Å². The number of nitrogens with one attached hydrogen (secondary N) is 3. The SMILES string of the molecule is O=C(N[C@H]1CCCCCCC[C@@H]2C[C@@]2(C(=O)NS(=O)(=O)C2CC2)NC(=O)[C@@H]2C[C@@H](Oc3c4cc(F)ccc4nc4c3oc3ccccc34)CN2C1=O)OC1CCCC1. The standard InChI is InChI=1S/C42H48FN5O9S/c43-25-16-19-31-30(20-25)36(37-35(44-31)29-13-8-9-15-34(29)57-37)55-27-21-33-38(49)46-42(40(51)47-58(53,54)28-17-18-28)22-24(42)10-4-2-1-3-5-14-32(39(50)48(33)23-27)45-41(52)56-26-11-6-7-12-26/h8-9,13,15-16,19-20,24,26-28,32-33H,1-7,10-12,14,17-18,21-23H2,(H,45,52)(H,46,49)(H,47,51)/t24-,27-,32+,33+,42-/m1/s1. The molecule has 5 fully saturated rings. The number of ether oxygens (including phenoxy) is 2. The maximum Gasteiger partial charge on any atom is 0.408 e. The van der Waals surface area contributed by atoms with Crippen LogP contribution in [0, 0.1) is 11.7 Å². The van der Waals surface area contributed by atoms with Gasteiger partial charge < -0.3 is 29.4 Å². The number of halogens is 1. The van der Waals surface area contributed by atoms with Crippen LogP contribution in [0.3, 0.4) is 0 Å². The van der Waals surface area contributed by atoms with Crippen LogP contribution >= 0.6 is 0 Å². The molecule has 2 saturated heterocycles. The number of alkyl carbamates (subject to hydrolysis) is 1. The van der Waals surface area contributed by atoms with Crippen molar-refractivity contribution in [1.29, 1.82) is 0 Å². The molecular weight excluding hydrogens is 770 g/mol. The molecular formula is C42H48FN5O9S. The van der Waals surface area contributed by atoms with Gasteiger partial charge in [-0.1, -0.05) is 44.2 Å². The van der Waals surface area contributed by atoms with Gasteiger partial charge in [0.25, 0.3) is 5.91 Å². The Bertz CT molecular complexity index is 2400. The van der Waals surface area contributed by atoms with E-state index in [1.54, 1.807) is 12.1 Å². The highest BCUT2D eigenvalue weighted by atomic mass is 32.2. The predicted octanol–water partition coefficient (Wildman–Crippen LogP) is 5.89. The minimum absolute atomic E-state index is 0.0274. The molecule has 4 aromatic rings. The van der Waals surface area contributed by atoms with Crippen molar-refractivity contribution in [3.8, 4) is 5.75 Å². The molecule has 2 aliphatic heterocycles. The molecule has 0 radical (unpaired) electrons. The highest BCUT2D eigenvalue weighted by molar-refractivity contribution is 7.91. The van der Waals surface area contributed by atoms with Gasteiger partial charge in [-0.25, -0.2) is 22.6 Å². The lowest BCUT2D eigenvalue weighted by atomic mass is 10.0. The van der Waals surface area contributed by atoms with Crippen molar-refractivity contribution in [2.24, 2.45) is 5.92 Å². The summed E-state index contributed by atoms with van der Waals surface area (Å²) >= 11 is 0. The molecule has 0 bridgehead atoms. The number of aromatic nitrogens is 1. The van der Waals surface area contributed by atoms with E-state index in [4.69, 9.17) is 18.9 Å². The third-order valence-electron chi connectivity index (χ3n) is 12.6. The molecule has 4 amide bonds. The fourth-order valence-electron chi connectivity index (χ4n) is 9.20. The average molecular weight is 818 g/mol. The number of rotatable bonds is 7. The molecule has 3 aliphatic carbocycles. The molecule has 4 heterocycles. The minimum atomic E-state index is -3.90. The largest absolute Gasteiger partial charge is 0.484 e. The highest BCUT2D eigenvalue weighted by Crippen LogP contribution is 2.48. The summed E-state index contributed by atoms with van der Waals surface area (Å²) in [5.74, 6) is -2.51. The predicted molar refractivity (Wildman–Crippen MR) is 211 cm³/mol. The third-order valence-corrected chi connectivity index (χ3v) is 14.4. The smallest absolute Gasteiger partial charge is 0.408 e. The number of furan rings is 1. The summed E-state index contributed by atoms with van der Waals surface area (Å²) < 4.78 is 61.6. The van der Waals surface area contributed by atoms with Crippen LogP contribution in [0.2, 0.25) is 0 Å². The number of hydrogen-bond donors (Lipinski definition) is 3. The van der Waals surface area contributed by atoms with Gasteiger partial charge >= 0.3 is 6.09 Å². The maximum atomic E-state index is 14.8. The molecule has 9 rings (SSSR count). The second-order valence-corrected chi connectivity index (χ2v) is 18.7. The van der Waals surface area contributed by atoms with E-state index in [9.17, 15) is 32.0 Å². The number of hydrogen-bond acceptors (Lipinski definition) is 10. The van der Waals surface area contributed by atoms with Crippen LogP contribution in [0.15, 0.2) is 46.9 Å². The van der Waals surface area contributed by atoms with Gasteiger partial charge in [0, 0.05) is 17.2 Å². The fraction of sp³-hybridized carbons (Fsp3) is 0.548. The first kappa shape index (κ1) is 38.5. The number of nitrogens with zero attached hydrogens (tertiary/aromatic N) is 2. The number of pyridine rings is 1. The van der Waals surface area contributed by atoms with E-state index in [0.29, 0.717) is 54.1 Å². The molecule has 0 spiro atoms. The van der Waals surface area contributed by atoms with Crippen LogP contribution in [0.25, 0.3) is 33.0 Å². The van der Waals surface area contributed by atoms with Crippen LogP contribution < -0.4 is 20.1 Å². The van der Waals surface area contributed by atoms with Gasteiger partial charge in [0.05, 0.1) is 17.3 Å². The van der Waals surface area contributed by atoms with Gasteiger partial charge in [-0.05, 0) is 94.0 Å². The van der Waals surface area contributed by atoms with Crippen molar-refractivity contribution in [1.82, 2.24) is 25.2 Å². The Morgan fingerprint density at radius 3 is 2.45 bits per heavy atom. The second-order valence-electron chi connectivity index (χ2n) is 16.8. The molecule has 3 N–H and O–H groups in total. The summed E-state index contributed by atoms with van der Waals surface area (Å²) in [6.45, 7) is -0.0910. The number of fused-ring (bicyclic) bond motifs is 6. The summed E-state index contributed by atoms with van der Waals surface area (Å²) in [5.41, 5.74) is 0.321. The molecule has 14 nitrogen and oxygen atoms in total. The quantitative estimate of drug-likeness (QED) is 0.203. The lowest BCUT2D eigenvalue weighted by molar-refractivity contribution is -0.141. The lowest BCUT2D eigenvalue weighted by Gasteiger charge is -2.30. The van der Waals surface area contributed by atoms with Crippen molar-refractivity contribution in [3.05, 3.63) is 48.3 Å². The second kappa shape index (κ2) is 15.3. The Morgan fingerprint density at radius 1 is 0.914 bits per heavy atom. The van der Waals surface area contributed by atoms with Crippen LogP contribution in [0.4, 0.5) is 9.18 Å². The topological polar surface area (TPSA) is 186 Å².